The minimum absolute atomic E-state index is 0.0765. The van der Waals surface area contributed by atoms with Gasteiger partial charge in [-0.15, -0.1) is 0 Å². The van der Waals surface area contributed by atoms with Crippen molar-refractivity contribution in [2.75, 3.05) is 18.1 Å². The van der Waals surface area contributed by atoms with Gasteiger partial charge in [-0.2, -0.15) is 5.26 Å². The van der Waals surface area contributed by atoms with Crippen LogP contribution in [0.25, 0.3) is 0 Å². The summed E-state index contributed by atoms with van der Waals surface area (Å²) >= 11 is 0. The molecule has 1 unspecified atom stereocenters. The molecule has 1 atom stereocenters. The van der Waals surface area contributed by atoms with Crippen molar-refractivity contribution in [2.24, 2.45) is 0 Å². The van der Waals surface area contributed by atoms with Gasteiger partial charge in [-0.05, 0) is 18.2 Å². The molecule has 1 saturated heterocycles. The van der Waals surface area contributed by atoms with E-state index in [9.17, 15) is 9.59 Å². The third-order valence-electron chi connectivity index (χ3n) is 2.83. The molecule has 0 radical (unpaired) electrons. The molecule has 1 heterocycles. The number of ether oxygens (including phenoxy) is 1. The van der Waals surface area contributed by atoms with Crippen LogP contribution in [-0.2, 0) is 14.3 Å². The predicted molar refractivity (Wildman–Crippen MR) is 65.5 cm³/mol. The van der Waals surface area contributed by atoms with Crippen molar-refractivity contribution < 1.29 is 19.4 Å². The fourth-order valence-electron chi connectivity index (χ4n) is 2.06. The van der Waals surface area contributed by atoms with E-state index in [-0.39, 0.29) is 25.5 Å². The smallest absolute Gasteiger partial charge is 0.305 e. The fourth-order valence-corrected chi connectivity index (χ4v) is 2.06. The van der Waals surface area contributed by atoms with Crippen molar-refractivity contribution in [3.8, 4) is 6.07 Å². The second kappa shape index (κ2) is 5.50. The van der Waals surface area contributed by atoms with Crippen LogP contribution >= 0.6 is 0 Å². The predicted octanol–water partition coefficient (Wildman–Crippen LogP) is 0.765. The van der Waals surface area contributed by atoms with Gasteiger partial charge in [-0.25, -0.2) is 0 Å². The monoisotopic (exact) mass is 260 g/mol. The first-order valence-electron chi connectivity index (χ1n) is 5.73. The van der Waals surface area contributed by atoms with Crippen LogP contribution in [0, 0.1) is 11.3 Å². The zero-order valence-electron chi connectivity index (χ0n) is 10.1. The maximum Gasteiger partial charge on any atom is 0.305 e. The number of nitriles is 1. The minimum Gasteiger partial charge on any atom is -0.481 e. The molecule has 1 amide bonds. The number of carboxylic acid groups (broad SMARTS) is 1. The van der Waals surface area contributed by atoms with Gasteiger partial charge in [-0.3, -0.25) is 9.59 Å². The van der Waals surface area contributed by atoms with Gasteiger partial charge in [0, 0.05) is 5.69 Å². The van der Waals surface area contributed by atoms with Crippen molar-refractivity contribution in [1.82, 2.24) is 0 Å². The van der Waals surface area contributed by atoms with Crippen LogP contribution in [0.1, 0.15) is 12.0 Å². The molecular formula is C13H12N2O4. The highest BCUT2D eigenvalue weighted by atomic mass is 16.5. The van der Waals surface area contributed by atoms with Crippen LogP contribution in [0.2, 0.25) is 0 Å². The summed E-state index contributed by atoms with van der Waals surface area (Å²) in [5.41, 5.74) is 0.949. The fraction of sp³-hybridized carbons (Fsp3) is 0.308. The number of hydrogen-bond donors (Lipinski definition) is 1. The van der Waals surface area contributed by atoms with Crippen molar-refractivity contribution in [1.29, 1.82) is 5.26 Å². The number of nitrogens with zero attached hydrogens (tertiary/aromatic N) is 2. The number of rotatable bonds is 3. The van der Waals surface area contributed by atoms with E-state index in [1.807, 2.05) is 6.07 Å². The Balaban J connectivity index is 2.33. The molecule has 1 aromatic rings. The number of morpholine rings is 1. The Labute approximate surface area is 109 Å². The highest BCUT2D eigenvalue weighted by molar-refractivity contribution is 5.96. The molecular weight excluding hydrogens is 248 g/mol. The third-order valence-corrected chi connectivity index (χ3v) is 2.83. The van der Waals surface area contributed by atoms with Crippen LogP contribution in [0.3, 0.4) is 0 Å². The van der Waals surface area contributed by atoms with Gasteiger partial charge in [0.05, 0.1) is 30.7 Å². The third kappa shape index (κ3) is 2.89. The molecule has 0 bridgehead atoms. The molecule has 19 heavy (non-hydrogen) atoms. The van der Waals surface area contributed by atoms with Crippen LogP contribution in [0.4, 0.5) is 5.69 Å². The Bertz CT molecular complexity index is 550. The number of hydrogen-bond acceptors (Lipinski definition) is 4. The maximum atomic E-state index is 11.9. The van der Waals surface area contributed by atoms with E-state index in [1.165, 1.54) is 4.90 Å². The van der Waals surface area contributed by atoms with Gasteiger partial charge >= 0.3 is 5.97 Å². The van der Waals surface area contributed by atoms with E-state index in [1.54, 1.807) is 24.3 Å². The Morgan fingerprint density at radius 2 is 2.37 bits per heavy atom. The van der Waals surface area contributed by atoms with E-state index in [4.69, 9.17) is 15.1 Å². The summed E-state index contributed by atoms with van der Waals surface area (Å²) in [6.45, 7) is 0.0989. The number of amides is 1. The van der Waals surface area contributed by atoms with E-state index >= 15 is 0 Å². The second-order valence-electron chi connectivity index (χ2n) is 4.19. The van der Waals surface area contributed by atoms with Crippen molar-refractivity contribution in [3.63, 3.8) is 0 Å². The topological polar surface area (TPSA) is 90.6 Å². The maximum absolute atomic E-state index is 11.9. The molecule has 0 saturated carbocycles. The number of aliphatic carboxylic acids is 1. The highest BCUT2D eigenvalue weighted by Crippen LogP contribution is 2.23. The lowest BCUT2D eigenvalue weighted by molar-refractivity contribution is -0.138. The average molecular weight is 260 g/mol. The summed E-state index contributed by atoms with van der Waals surface area (Å²) in [6, 6.07) is 7.98. The Kier molecular flexibility index (Phi) is 3.78. The molecule has 0 aromatic heterocycles. The molecule has 1 fully saturated rings. The summed E-state index contributed by atoms with van der Waals surface area (Å²) in [7, 11) is 0. The molecule has 1 aliphatic heterocycles. The Morgan fingerprint density at radius 1 is 1.58 bits per heavy atom. The molecule has 1 aliphatic rings. The van der Waals surface area contributed by atoms with Crippen molar-refractivity contribution in [3.05, 3.63) is 29.8 Å². The highest BCUT2D eigenvalue weighted by Gasteiger charge is 2.31. The zero-order valence-corrected chi connectivity index (χ0v) is 10.1. The molecule has 0 aliphatic carbocycles. The normalized spacial score (nSPS) is 19.0. The van der Waals surface area contributed by atoms with Gasteiger partial charge in [0.1, 0.15) is 6.61 Å². The summed E-state index contributed by atoms with van der Waals surface area (Å²) in [4.78, 5) is 24.1. The molecule has 1 aromatic carbocycles. The number of carbonyl (C=O) groups excluding carboxylic acids is 1. The van der Waals surface area contributed by atoms with E-state index in [0.717, 1.165) is 0 Å². The first kappa shape index (κ1) is 13.1. The first-order chi connectivity index (χ1) is 9.11. The van der Waals surface area contributed by atoms with Gasteiger partial charge in [-0.1, -0.05) is 6.07 Å². The zero-order chi connectivity index (χ0) is 13.8. The number of benzene rings is 1. The number of carboxylic acids is 1. The SMILES string of the molecule is N#Cc1cccc(N2C(=O)COCC2CC(=O)O)c1. The lowest BCUT2D eigenvalue weighted by atomic mass is 10.1. The summed E-state index contributed by atoms with van der Waals surface area (Å²) in [5.74, 6) is -1.29. The van der Waals surface area contributed by atoms with Gasteiger partial charge < -0.3 is 14.7 Å². The van der Waals surface area contributed by atoms with E-state index in [0.29, 0.717) is 11.3 Å². The molecule has 6 nitrogen and oxygen atoms in total. The Hall–Kier alpha value is -2.39. The molecule has 98 valence electrons. The second-order valence-corrected chi connectivity index (χ2v) is 4.19. The lowest BCUT2D eigenvalue weighted by Gasteiger charge is -2.34. The summed E-state index contributed by atoms with van der Waals surface area (Å²) < 4.78 is 5.08. The van der Waals surface area contributed by atoms with Gasteiger partial charge in [0.2, 0.25) is 0 Å². The molecule has 6 heteroatoms. The van der Waals surface area contributed by atoms with Crippen molar-refractivity contribution in [2.45, 2.75) is 12.5 Å². The van der Waals surface area contributed by atoms with E-state index in [2.05, 4.69) is 0 Å². The Morgan fingerprint density at radius 3 is 3.05 bits per heavy atom. The molecule has 2 rings (SSSR count). The average Bonchev–Trinajstić information content (AvgIpc) is 2.38. The number of carbonyl (C=O) groups is 2. The van der Waals surface area contributed by atoms with Crippen LogP contribution in [0.5, 0.6) is 0 Å². The quantitative estimate of drug-likeness (QED) is 0.866. The first-order valence-corrected chi connectivity index (χ1v) is 5.73. The number of anilines is 1. The van der Waals surface area contributed by atoms with Crippen LogP contribution in [0.15, 0.2) is 24.3 Å². The molecule has 1 N–H and O–H groups in total. The van der Waals surface area contributed by atoms with Crippen LogP contribution in [-0.4, -0.2) is 36.2 Å². The standard InChI is InChI=1S/C13H12N2O4/c14-6-9-2-1-3-10(4-9)15-11(5-13(17)18)7-19-8-12(15)16/h1-4,11H,5,7-8H2,(H,17,18). The lowest BCUT2D eigenvalue weighted by Crippen LogP contribution is -2.50. The summed E-state index contributed by atoms with van der Waals surface area (Å²) in [6.07, 6.45) is -0.192. The van der Waals surface area contributed by atoms with Gasteiger partial charge in [0.25, 0.3) is 5.91 Å². The molecule has 0 spiro atoms. The van der Waals surface area contributed by atoms with Crippen molar-refractivity contribution >= 4 is 17.6 Å². The van der Waals surface area contributed by atoms with Gasteiger partial charge in [0.15, 0.2) is 0 Å². The van der Waals surface area contributed by atoms with Crippen LogP contribution < -0.4 is 4.90 Å². The largest absolute Gasteiger partial charge is 0.481 e. The van der Waals surface area contributed by atoms with E-state index < -0.39 is 12.0 Å². The minimum atomic E-state index is -0.996. The summed E-state index contributed by atoms with van der Waals surface area (Å²) in [5, 5.41) is 17.7.